The summed E-state index contributed by atoms with van der Waals surface area (Å²) in [7, 11) is 1.53. The number of ether oxygens (including phenoxy) is 1. The third kappa shape index (κ3) is 4.59. The van der Waals surface area contributed by atoms with Crippen LogP contribution in [0.25, 0.3) is 0 Å². The monoisotopic (exact) mass is 350 g/mol. The zero-order valence-electron chi connectivity index (χ0n) is 13.5. The Balaban J connectivity index is 1.92. The summed E-state index contributed by atoms with van der Waals surface area (Å²) in [6.45, 7) is 2.08. The van der Waals surface area contributed by atoms with Crippen molar-refractivity contribution in [1.82, 2.24) is 10.6 Å². The number of hydrogen-bond acceptors (Lipinski definition) is 4. The van der Waals surface area contributed by atoms with Crippen LogP contribution in [0.2, 0.25) is 5.02 Å². The molecule has 128 valence electrons. The van der Waals surface area contributed by atoms with E-state index < -0.39 is 17.4 Å². The summed E-state index contributed by atoms with van der Waals surface area (Å²) in [6, 6.07) is 10.6. The second-order valence-corrected chi connectivity index (χ2v) is 5.83. The Morgan fingerprint density at radius 3 is 2.58 bits per heavy atom. The first-order valence-corrected chi connectivity index (χ1v) is 7.72. The lowest BCUT2D eigenvalue weighted by atomic mass is 9.95. The average Bonchev–Trinajstić information content (AvgIpc) is 3.10. The van der Waals surface area contributed by atoms with Gasteiger partial charge in [-0.15, -0.1) is 0 Å². The first-order valence-electron chi connectivity index (χ1n) is 7.34. The van der Waals surface area contributed by atoms with Crippen molar-refractivity contribution in [2.75, 3.05) is 13.7 Å². The predicted molar refractivity (Wildman–Crippen MR) is 89.4 cm³/mol. The van der Waals surface area contributed by atoms with Gasteiger partial charge >= 0.3 is 11.8 Å². The van der Waals surface area contributed by atoms with Crippen LogP contribution in [-0.4, -0.2) is 25.5 Å². The number of methoxy groups -OCH3 is 1. The van der Waals surface area contributed by atoms with Gasteiger partial charge in [0, 0.05) is 12.1 Å². The highest BCUT2D eigenvalue weighted by Gasteiger charge is 2.28. The number of rotatable bonds is 6. The van der Waals surface area contributed by atoms with Crippen LogP contribution >= 0.6 is 11.6 Å². The van der Waals surface area contributed by atoms with Crippen molar-refractivity contribution >= 4 is 23.4 Å². The first kappa shape index (κ1) is 18.0. The predicted octanol–water partition coefficient (Wildman–Crippen LogP) is 2.23. The van der Waals surface area contributed by atoms with Gasteiger partial charge in [0.2, 0.25) is 0 Å². The van der Waals surface area contributed by atoms with Crippen LogP contribution < -0.4 is 10.6 Å². The molecular formula is C17H19ClN2O4. The maximum atomic E-state index is 11.9. The Hall–Kier alpha value is -2.31. The van der Waals surface area contributed by atoms with Gasteiger partial charge in [0.1, 0.15) is 11.4 Å². The first-order chi connectivity index (χ1) is 11.4. The van der Waals surface area contributed by atoms with Crippen LogP contribution in [-0.2, 0) is 26.5 Å². The molecule has 0 aliphatic carbocycles. The second kappa shape index (κ2) is 7.99. The minimum atomic E-state index is -0.804. The molecule has 0 bridgehead atoms. The van der Waals surface area contributed by atoms with Crippen LogP contribution in [0.1, 0.15) is 18.2 Å². The average molecular weight is 351 g/mol. The molecule has 1 aromatic heterocycles. The molecule has 7 heteroatoms. The lowest BCUT2D eigenvalue weighted by molar-refractivity contribution is -0.140. The van der Waals surface area contributed by atoms with Gasteiger partial charge in [-0.05, 0) is 36.8 Å². The summed E-state index contributed by atoms with van der Waals surface area (Å²) in [6.07, 6.45) is 1.50. The number of carbonyl (C=O) groups is 2. The number of hydrogen-bond donors (Lipinski definition) is 2. The van der Waals surface area contributed by atoms with Gasteiger partial charge < -0.3 is 19.8 Å². The highest BCUT2D eigenvalue weighted by Crippen LogP contribution is 2.26. The molecule has 2 rings (SSSR count). The van der Waals surface area contributed by atoms with Crippen LogP contribution in [0.4, 0.5) is 0 Å². The summed E-state index contributed by atoms with van der Waals surface area (Å²) in [5, 5.41) is 5.62. The standard InChI is InChI=1S/C17H19ClN2O4/c1-17(23-2,12-5-3-6-13(18)9-12)11-20-16(22)15(21)19-10-14-7-4-8-24-14/h3-9H,10-11H2,1-2H3,(H,19,21)(H,20,22)/t17-/m1/s1. The molecule has 0 spiro atoms. The fourth-order valence-electron chi connectivity index (χ4n) is 2.10. The molecule has 2 N–H and O–H groups in total. The molecule has 1 atom stereocenters. The topological polar surface area (TPSA) is 80.6 Å². The molecule has 1 heterocycles. The van der Waals surface area contributed by atoms with Crippen molar-refractivity contribution in [3.8, 4) is 0 Å². The molecule has 2 amide bonds. The number of amides is 2. The molecule has 0 fully saturated rings. The molecule has 0 aliphatic heterocycles. The Kier molecular flexibility index (Phi) is 6.00. The van der Waals surface area contributed by atoms with Gasteiger partial charge in [-0.3, -0.25) is 9.59 Å². The van der Waals surface area contributed by atoms with E-state index in [1.807, 2.05) is 6.07 Å². The summed E-state index contributed by atoms with van der Waals surface area (Å²) < 4.78 is 10.6. The Morgan fingerprint density at radius 1 is 1.21 bits per heavy atom. The van der Waals surface area contributed by atoms with Crippen molar-refractivity contribution in [3.05, 3.63) is 59.0 Å². The maximum Gasteiger partial charge on any atom is 0.309 e. The van der Waals surface area contributed by atoms with Crippen LogP contribution in [0.3, 0.4) is 0 Å². The molecule has 0 aliphatic rings. The van der Waals surface area contributed by atoms with E-state index in [-0.39, 0.29) is 13.1 Å². The van der Waals surface area contributed by atoms with E-state index in [9.17, 15) is 9.59 Å². The maximum absolute atomic E-state index is 11.9. The lowest BCUT2D eigenvalue weighted by Crippen LogP contribution is -2.45. The Bertz CT molecular complexity index is 702. The number of benzene rings is 1. The SMILES string of the molecule is CO[C@](C)(CNC(=O)C(=O)NCc1ccco1)c1cccc(Cl)c1. The van der Waals surface area contributed by atoms with Crippen LogP contribution in [0.5, 0.6) is 0 Å². The number of nitrogens with one attached hydrogen (secondary N) is 2. The molecule has 2 aromatic rings. The zero-order chi connectivity index (χ0) is 17.6. The molecular weight excluding hydrogens is 332 g/mol. The fourth-order valence-corrected chi connectivity index (χ4v) is 2.29. The second-order valence-electron chi connectivity index (χ2n) is 5.39. The largest absolute Gasteiger partial charge is 0.467 e. The van der Waals surface area contributed by atoms with Gasteiger partial charge in [-0.1, -0.05) is 23.7 Å². The van der Waals surface area contributed by atoms with Gasteiger partial charge in [0.15, 0.2) is 0 Å². The van der Waals surface area contributed by atoms with Crippen molar-refractivity contribution in [3.63, 3.8) is 0 Å². The molecule has 0 radical (unpaired) electrons. The van der Waals surface area contributed by atoms with E-state index in [4.69, 9.17) is 20.8 Å². The zero-order valence-corrected chi connectivity index (χ0v) is 14.2. The number of halogens is 1. The normalized spacial score (nSPS) is 13.1. The molecule has 6 nitrogen and oxygen atoms in total. The highest BCUT2D eigenvalue weighted by molar-refractivity contribution is 6.35. The van der Waals surface area contributed by atoms with E-state index in [0.29, 0.717) is 10.8 Å². The van der Waals surface area contributed by atoms with Crippen molar-refractivity contribution in [2.45, 2.75) is 19.1 Å². The van der Waals surface area contributed by atoms with Crippen molar-refractivity contribution in [2.24, 2.45) is 0 Å². The van der Waals surface area contributed by atoms with Crippen LogP contribution in [0, 0.1) is 0 Å². The third-order valence-corrected chi connectivity index (χ3v) is 3.92. The molecule has 1 aromatic carbocycles. The number of furan rings is 1. The lowest BCUT2D eigenvalue weighted by Gasteiger charge is -2.29. The van der Waals surface area contributed by atoms with E-state index in [1.54, 1.807) is 37.3 Å². The smallest absolute Gasteiger partial charge is 0.309 e. The van der Waals surface area contributed by atoms with E-state index >= 15 is 0 Å². The molecule has 24 heavy (non-hydrogen) atoms. The van der Waals surface area contributed by atoms with Crippen molar-refractivity contribution < 1.29 is 18.7 Å². The molecule has 0 saturated heterocycles. The van der Waals surface area contributed by atoms with Gasteiger partial charge in [-0.25, -0.2) is 0 Å². The van der Waals surface area contributed by atoms with Gasteiger partial charge in [-0.2, -0.15) is 0 Å². The summed E-state index contributed by atoms with van der Waals surface area (Å²) >= 11 is 6.00. The van der Waals surface area contributed by atoms with Crippen molar-refractivity contribution in [1.29, 1.82) is 0 Å². The van der Waals surface area contributed by atoms with Gasteiger partial charge in [0.05, 0.1) is 19.4 Å². The Labute approximate surface area is 145 Å². The number of carbonyl (C=O) groups excluding carboxylic acids is 2. The summed E-state index contributed by atoms with van der Waals surface area (Å²) in [5.41, 5.74) is -0.00391. The minimum absolute atomic E-state index is 0.122. The van der Waals surface area contributed by atoms with E-state index in [0.717, 1.165) is 5.56 Å². The van der Waals surface area contributed by atoms with Crippen LogP contribution in [0.15, 0.2) is 47.1 Å². The third-order valence-electron chi connectivity index (χ3n) is 3.68. The highest BCUT2D eigenvalue weighted by atomic mass is 35.5. The van der Waals surface area contributed by atoms with Gasteiger partial charge in [0.25, 0.3) is 0 Å². The minimum Gasteiger partial charge on any atom is -0.467 e. The van der Waals surface area contributed by atoms with E-state index in [2.05, 4.69) is 10.6 Å². The van der Waals surface area contributed by atoms with E-state index in [1.165, 1.54) is 13.4 Å². The Morgan fingerprint density at radius 2 is 1.96 bits per heavy atom. The summed E-state index contributed by atoms with van der Waals surface area (Å²) in [4.78, 5) is 23.7. The fraction of sp³-hybridized carbons (Fsp3) is 0.294. The molecule has 0 saturated carbocycles. The summed E-state index contributed by atoms with van der Waals surface area (Å²) in [5.74, 6) is -0.917. The quantitative estimate of drug-likeness (QED) is 0.783. The molecule has 0 unspecified atom stereocenters.